The lowest BCUT2D eigenvalue weighted by Gasteiger charge is -2.10. The molecular weight excluding hydrogens is 325 g/mol. The number of carbonyl (C=O) groups is 1. The first-order chi connectivity index (χ1) is 10.5. The van der Waals surface area contributed by atoms with Gasteiger partial charge in [-0.05, 0) is 43.3 Å². The van der Waals surface area contributed by atoms with Crippen molar-refractivity contribution >= 4 is 34.8 Å². The predicted octanol–water partition coefficient (Wildman–Crippen LogP) is 4.65. The first-order valence-corrected chi connectivity index (χ1v) is 7.38. The van der Waals surface area contributed by atoms with Gasteiger partial charge in [0.05, 0.1) is 23.8 Å². The summed E-state index contributed by atoms with van der Waals surface area (Å²) in [6.07, 6.45) is 0. The Bertz CT molecular complexity index is 649. The fraction of sp³-hybridized carbons (Fsp3) is 0.188. The second-order valence-electron chi connectivity index (χ2n) is 4.38. The smallest absolute Gasteiger partial charge is 0.255 e. The molecule has 116 valence electrons. The summed E-state index contributed by atoms with van der Waals surface area (Å²) in [5.74, 6) is 0.785. The molecule has 2 rings (SSSR count). The van der Waals surface area contributed by atoms with Gasteiger partial charge in [0.1, 0.15) is 5.75 Å². The topological polar surface area (TPSA) is 47.6 Å². The zero-order valence-electron chi connectivity index (χ0n) is 12.2. The highest BCUT2D eigenvalue weighted by molar-refractivity contribution is 6.37. The van der Waals surface area contributed by atoms with Gasteiger partial charge in [-0.2, -0.15) is 0 Å². The number of benzene rings is 2. The summed E-state index contributed by atoms with van der Waals surface area (Å²) in [5, 5.41) is 3.34. The number of rotatable bonds is 5. The van der Waals surface area contributed by atoms with Gasteiger partial charge in [0.15, 0.2) is 5.75 Å². The molecule has 22 heavy (non-hydrogen) atoms. The second-order valence-corrected chi connectivity index (χ2v) is 5.20. The first kappa shape index (κ1) is 16.5. The van der Waals surface area contributed by atoms with Crippen molar-refractivity contribution in [3.05, 3.63) is 52.0 Å². The van der Waals surface area contributed by atoms with Crippen LogP contribution in [-0.4, -0.2) is 19.6 Å². The third-order valence-corrected chi connectivity index (χ3v) is 3.45. The van der Waals surface area contributed by atoms with Crippen LogP contribution in [0.25, 0.3) is 0 Å². The quantitative estimate of drug-likeness (QED) is 0.862. The monoisotopic (exact) mass is 339 g/mol. The number of halogens is 2. The van der Waals surface area contributed by atoms with Crippen molar-refractivity contribution in [2.75, 3.05) is 19.0 Å². The third kappa shape index (κ3) is 3.84. The summed E-state index contributed by atoms with van der Waals surface area (Å²) in [6.45, 7) is 2.50. The van der Waals surface area contributed by atoms with Gasteiger partial charge in [0, 0.05) is 11.3 Å². The predicted molar refractivity (Wildman–Crippen MR) is 88.6 cm³/mol. The number of nitrogens with one attached hydrogen (secondary N) is 1. The number of methoxy groups -OCH3 is 1. The lowest BCUT2D eigenvalue weighted by molar-refractivity contribution is 0.102. The fourth-order valence-corrected chi connectivity index (χ4v) is 2.53. The van der Waals surface area contributed by atoms with Crippen LogP contribution in [0.15, 0.2) is 36.4 Å². The molecule has 1 N–H and O–H groups in total. The van der Waals surface area contributed by atoms with Crippen LogP contribution in [0.2, 0.25) is 10.0 Å². The van der Waals surface area contributed by atoms with Gasteiger partial charge >= 0.3 is 0 Å². The van der Waals surface area contributed by atoms with Crippen LogP contribution in [0.5, 0.6) is 11.5 Å². The number of anilines is 1. The van der Waals surface area contributed by atoms with Crippen LogP contribution in [0.1, 0.15) is 17.3 Å². The maximum atomic E-state index is 12.2. The lowest BCUT2D eigenvalue weighted by atomic mass is 10.2. The van der Waals surface area contributed by atoms with Crippen LogP contribution in [0.3, 0.4) is 0 Å². The van der Waals surface area contributed by atoms with Crippen molar-refractivity contribution in [1.29, 1.82) is 0 Å². The maximum Gasteiger partial charge on any atom is 0.255 e. The highest BCUT2D eigenvalue weighted by atomic mass is 35.5. The molecule has 0 aliphatic rings. The van der Waals surface area contributed by atoms with Crippen molar-refractivity contribution in [3.8, 4) is 11.5 Å². The number of hydrogen-bond donors (Lipinski definition) is 1. The Morgan fingerprint density at radius 2 is 1.73 bits per heavy atom. The highest BCUT2D eigenvalue weighted by Gasteiger charge is 2.13. The minimum absolute atomic E-state index is 0.284. The highest BCUT2D eigenvalue weighted by Crippen LogP contribution is 2.34. The molecule has 0 saturated carbocycles. The fourth-order valence-electron chi connectivity index (χ4n) is 1.89. The summed E-state index contributed by atoms with van der Waals surface area (Å²) in [4.78, 5) is 12.2. The Morgan fingerprint density at radius 1 is 1.14 bits per heavy atom. The molecule has 0 unspecified atom stereocenters. The Labute approximate surface area is 138 Å². The van der Waals surface area contributed by atoms with E-state index in [9.17, 15) is 4.79 Å². The average Bonchev–Trinajstić information content (AvgIpc) is 2.49. The molecule has 0 aliphatic carbocycles. The van der Waals surface area contributed by atoms with Gasteiger partial charge in [-0.15, -0.1) is 0 Å². The molecule has 6 heteroatoms. The zero-order valence-corrected chi connectivity index (χ0v) is 13.7. The van der Waals surface area contributed by atoms with Crippen molar-refractivity contribution in [3.63, 3.8) is 0 Å². The minimum atomic E-state index is -0.310. The Hall–Kier alpha value is -1.91. The van der Waals surface area contributed by atoms with Gasteiger partial charge in [-0.3, -0.25) is 4.79 Å². The van der Waals surface area contributed by atoms with E-state index >= 15 is 0 Å². The molecule has 0 fully saturated rings. The van der Waals surface area contributed by atoms with Gasteiger partial charge < -0.3 is 14.8 Å². The summed E-state index contributed by atoms with van der Waals surface area (Å²) in [6, 6.07) is 10.1. The van der Waals surface area contributed by atoms with E-state index in [2.05, 4.69) is 5.32 Å². The Kier molecular flexibility index (Phi) is 5.52. The van der Waals surface area contributed by atoms with E-state index in [0.29, 0.717) is 23.6 Å². The molecule has 0 aromatic heterocycles. The summed E-state index contributed by atoms with van der Waals surface area (Å²) in [7, 11) is 1.47. The van der Waals surface area contributed by atoms with Crippen LogP contribution < -0.4 is 14.8 Å². The summed E-state index contributed by atoms with van der Waals surface area (Å²) < 4.78 is 10.4. The van der Waals surface area contributed by atoms with E-state index in [1.807, 2.05) is 6.92 Å². The average molecular weight is 340 g/mol. The van der Waals surface area contributed by atoms with Gasteiger partial charge in [0.25, 0.3) is 5.91 Å². The van der Waals surface area contributed by atoms with Crippen LogP contribution in [-0.2, 0) is 0 Å². The molecule has 0 aliphatic heterocycles. The largest absolute Gasteiger partial charge is 0.494 e. The van der Waals surface area contributed by atoms with Crippen molar-refractivity contribution < 1.29 is 14.3 Å². The molecule has 0 bridgehead atoms. The molecule has 4 nitrogen and oxygen atoms in total. The van der Waals surface area contributed by atoms with Gasteiger partial charge in [0.2, 0.25) is 0 Å². The van der Waals surface area contributed by atoms with Crippen LogP contribution in [0, 0.1) is 0 Å². The SMILES string of the molecule is CCOc1ccc(NC(=O)c2cc(Cl)c(OC)c(Cl)c2)cc1. The standard InChI is InChI=1S/C16H15Cl2NO3/c1-3-22-12-6-4-11(5-7-12)19-16(20)10-8-13(17)15(21-2)14(18)9-10/h4-9H,3H2,1-2H3,(H,19,20). The van der Waals surface area contributed by atoms with E-state index in [-0.39, 0.29) is 16.0 Å². The van der Waals surface area contributed by atoms with E-state index in [1.165, 1.54) is 19.2 Å². The van der Waals surface area contributed by atoms with E-state index < -0.39 is 0 Å². The van der Waals surface area contributed by atoms with Crippen molar-refractivity contribution in [1.82, 2.24) is 0 Å². The van der Waals surface area contributed by atoms with Crippen molar-refractivity contribution in [2.24, 2.45) is 0 Å². The summed E-state index contributed by atoms with van der Waals surface area (Å²) >= 11 is 12.1. The number of amides is 1. The third-order valence-electron chi connectivity index (χ3n) is 2.89. The van der Waals surface area contributed by atoms with Gasteiger partial charge in [-0.25, -0.2) is 0 Å². The van der Waals surface area contributed by atoms with Crippen molar-refractivity contribution in [2.45, 2.75) is 6.92 Å². The second kappa shape index (κ2) is 7.38. The number of ether oxygens (including phenoxy) is 2. The normalized spacial score (nSPS) is 10.2. The molecule has 0 radical (unpaired) electrons. The maximum absolute atomic E-state index is 12.2. The zero-order chi connectivity index (χ0) is 16.1. The lowest BCUT2D eigenvalue weighted by Crippen LogP contribution is -2.12. The molecule has 0 atom stereocenters. The van der Waals surface area contributed by atoms with Crippen LogP contribution in [0.4, 0.5) is 5.69 Å². The number of carbonyl (C=O) groups excluding carboxylic acids is 1. The summed E-state index contributed by atoms with van der Waals surface area (Å²) in [5.41, 5.74) is 1.00. The first-order valence-electron chi connectivity index (χ1n) is 6.62. The number of hydrogen-bond acceptors (Lipinski definition) is 3. The van der Waals surface area contributed by atoms with E-state index in [4.69, 9.17) is 32.7 Å². The minimum Gasteiger partial charge on any atom is -0.494 e. The van der Waals surface area contributed by atoms with Gasteiger partial charge in [-0.1, -0.05) is 23.2 Å². The molecule has 2 aromatic carbocycles. The molecule has 1 amide bonds. The molecule has 0 heterocycles. The molecular formula is C16H15Cl2NO3. The van der Waals surface area contributed by atoms with E-state index in [1.54, 1.807) is 24.3 Å². The molecule has 2 aromatic rings. The van der Waals surface area contributed by atoms with Crippen LogP contribution >= 0.6 is 23.2 Å². The molecule has 0 spiro atoms. The molecule has 0 saturated heterocycles. The Balaban J connectivity index is 2.15. The van der Waals surface area contributed by atoms with E-state index in [0.717, 1.165) is 5.75 Å². The Morgan fingerprint density at radius 3 is 2.23 bits per heavy atom.